The van der Waals surface area contributed by atoms with Crippen molar-refractivity contribution in [3.63, 3.8) is 0 Å². The molecule has 12 nitrogen and oxygen atoms in total. The van der Waals surface area contributed by atoms with Gasteiger partial charge in [-0.25, -0.2) is 0 Å². The van der Waals surface area contributed by atoms with Gasteiger partial charge in [-0.2, -0.15) is 37.9 Å². The molecule has 11 rings (SSSR count). The first kappa shape index (κ1) is 38.2. The molecule has 0 spiro atoms. The van der Waals surface area contributed by atoms with Crippen molar-refractivity contribution in [2.45, 2.75) is 9.79 Å². The second kappa shape index (κ2) is 13.9. The molecule has 0 radical (unpaired) electrons. The van der Waals surface area contributed by atoms with Gasteiger partial charge in [0.15, 0.2) is 11.1 Å². The summed E-state index contributed by atoms with van der Waals surface area (Å²) in [6.07, 6.45) is 0. The molecule has 3 aromatic heterocycles. The van der Waals surface area contributed by atoms with E-state index in [0.717, 1.165) is 43.7 Å². The molecule has 0 atom stereocenters. The Kier molecular flexibility index (Phi) is 8.28. The number of hydrogen-bond acceptors (Lipinski definition) is 9. The highest BCUT2D eigenvalue weighted by Gasteiger charge is 2.43. The molecule has 0 saturated carbocycles. The van der Waals surface area contributed by atoms with Gasteiger partial charge in [0.25, 0.3) is 0 Å². The summed E-state index contributed by atoms with van der Waals surface area (Å²) in [5, 5.41) is 46.4. The number of nitrogens with zero attached hydrogens (tertiary/aromatic N) is 7. The zero-order valence-corrected chi connectivity index (χ0v) is 34.6. The maximum atomic E-state index is 13.3. The molecule has 0 N–H and O–H groups in total. The molecule has 0 saturated heterocycles. The first-order valence-electron chi connectivity index (χ1n) is 19.6. The summed E-state index contributed by atoms with van der Waals surface area (Å²) in [4.78, 5) is -0.868. The zero-order chi connectivity index (χ0) is 44.1. The number of aromatic nitrogens is 3. The second-order valence-corrected chi connectivity index (χ2v) is 18.2. The quantitative estimate of drug-likeness (QED) is 0.168. The lowest BCUT2D eigenvalue weighted by Gasteiger charge is -2.12. The Morgan fingerprint density at radius 1 is 0.438 bits per heavy atom. The molecule has 64 heavy (non-hydrogen) atoms. The number of fused-ring (bicyclic) bond motifs is 8. The maximum absolute atomic E-state index is 13.3. The summed E-state index contributed by atoms with van der Waals surface area (Å²) in [5.41, 5.74) is 5.26. The number of rotatable bonds is 4. The van der Waals surface area contributed by atoms with E-state index in [1.54, 1.807) is 45.5 Å². The molecule has 10 aromatic rings. The number of hydrogen-bond donors (Lipinski definition) is 0. The molecule has 0 bridgehead atoms. The lowest BCUT2D eigenvalue weighted by Crippen LogP contribution is -2.28. The number of benzene rings is 7. The fraction of sp³-hybridized carbons (Fsp3) is 0. The van der Waals surface area contributed by atoms with Crippen molar-refractivity contribution in [3.05, 3.63) is 162 Å². The molecule has 0 aliphatic carbocycles. The van der Waals surface area contributed by atoms with Gasteiger partial charge in [0.05, 0.1) is 44.1 Å². The van der Waals surface area contributed by atoms with Gasteiger partial charge in [-0.15, -0.1) is 3.63 Å². The minimum Gasteiger partial charge on any atom is -0.309 e. The van der Waals surface area contributed by atoms with Crippen LogP contribution in [0.5, 0.6) is 0 Å². The van der Waals surface area contributed by atoms with E-state index in [2.05, 4.69) is 20.3 Å². The fourth-order valence-corrected chi connectivity index (χ4v) is 12.7. The van der Waals surface area contributed by atoms with Crippen molar-refractivity contribution >= 4 is 85.8 Å². The summed E-state index contributed by atoms with van der Waals surface area (Å²) in [6, 6.07) is 54.2. The van der Waals surface area contributed by atoms with Crippen molar-refractivity contribution in [2.75, 3.05) is 0 Å². The smallest absolute Gasteiger partial charge is 0.309 e. The minimum atomic E-state index is -4.67. The van der Waals surface area contributed by atoms with Crippen molar-refractivity contribution in [1.82, 2.24) is 13.7 Å². The van der Waals surface area contributed by atoms with E-state index >= 15 is 0 Å². The van der Waals surface area contributed by atoms with Gasteiger partial charge in [0.1, 0.15) is 34.1 Å². The molecule has 302 valence electrons. The molecule has 4 heterocycles. The van der Waals surface area contributed by atoms with Gasteiger partial charge in [-0.05, 0) is 65.7 Å². The molecule has 0 fully saturated rings. The van der Waals surface area contributed by atoms with Crippen molar-refractivity contribution in [2.24, 2.45) is 0 Å². The van der Waals surface area contributed by atoms with Gasteiger partial charge < -0.3 is 13.7 Å². The summed E-state index contributed by atoms with van der Waals surface area (Å²) in [7, 11) is -9.23. The van der Waals surface area contributed by atoms with E-state index < -0.39 is 30.0 Å². The van der Waals surface area contributed by atoms with E-state index in [0.29, 0.717) is 33.2 Å². The van der Waals surface area contributed by atoms with Gasteiger partial charge in [-0.3, -0.25) is 0 Å². The molecule has 7 aromatic carbocycles. The third-order valence-corrected chi connectivity index (χ3v) is 15.1. The third-order valence-electron chi connectivity index (χ3n) is 11.7. The Balaban J connectivity index is 1.23. The topological polar surface area (TPSA) is 187 Å². The molecular formula is C50H25N7O5S2. The Hall–Kier alpha value is -8.76. The van der Waals surface area contributed by atoms with Gasteiger partial charge in [-0.1, -0.05) is 97.1 Å². The maximum Gasteiger partial charge on any atom is 0.315 e. The highest BCUT2D eigenvalue weighted by Crippen LogP contribution is 2.43. The predicted octanol–water partition coefficient (Wildman–Crippen LogP) is 8.30. The summed E-state index contributed by atoms with van der Waals surface area (Å²) in [5.74, 6) is 0. The predicted molar refractivity (Wildman–Crippen MR) is 241 cm³/mol. The van der Waals surface area contributed by atoms with Crippen LogP contribution in [-0.4, -0.2) is 30.5 Å². The molecule has 0 amide bonds. The fourth-order valence-electron chi connectivity index (χ4n) is 9.23. The monoisotopic (exact) mass is 867 g/mol. The van der Waals surface area contributed by atoms with Gasteiger partial charge in [0, 0.05) is 38.0 Å². The van der Waals surface area contributed by atoms with Crippen LogP contribution in [0.25, 0.3) is 93.7 Å². The van der Waals surface area contributed by atoms with E-state index in [4.69, 9.17) is 0 Å². The summed E-state index contributed by atoms with van der Waals surface area (Å²) >= 11 is 0. The Bertz CT molecular complexity index is 4280. The van der Waals surface area contributed by atoms with E-state index in [1.807, 2.05) is 115 Å². The Morgan fingerprint density at radius 3 is 1.52 bits per heavy atom. The van der Waals surface area contributed by atoms with E-state index in [9.17, 15) is 37.9 Å². The van der Waals surface area contributed by atoms with Crippen LogP contribution < -0.4 is 10.7 Å². The van der Waals surface area contributed by atoms with Gasteiger partial charge >= 0.3 is 20.2 Å². The Morgan fingerprint density at radius 2 is 0.922 bits per heavy atom. The van der Waals surface area contributed by atoms with E-state index in [-0.39, 0.29) is 27.5 Å². The second-order valence-electron chi connectivity index (χ2n) is 15.0. The SMILES string of the molecule is N#CC(C#N)=c1c2cccc(-n3c4ccccc4c4ccc(-c5ccc6c7ccccc7n(-c7cccc8c7S(=O)(=O)OS8(=O)=O)c6c5)cc43)c2c(=C(C#N)C#N)n1-c1ccccc1. The lowest BCUT2D eigenvalue weighted by molar-refractivity contribution is 0.475. The molecule has 14 heteroatoms. The first-order chi connectivity index (χ1) is 31.1. The molecular weight excluding hydrogens is 843 g/mol. The molecule has 0 unspecified atom stereocenters. The average Bonchev–Trinajstić information content (AvgIpc) is 4.00. The van der Waals surface area contributed by atoms with Crippen molar-refractivity contribution in [3.8, 4) is 52.5 Å². The zero-order valence-electron chi connectivity index (χ0n) is 32.9. The number of para-hydroxylation sites is 3. The third kappa shape index (κ3) is 5.32. The van der Waals surface area contributed by atoms with Crippen LogP contribution in [-0.2, 0) is 23.9 Å². The summed E-state index contributed by atoms with van der Waals surface area (Å²) < 4.78 is 62.5. The van der Waals surface area contributed by atoms with Crippen molar-refractivity contribution < 1.29 is 20.5 Å². The largest absolute Gasteiger partial charge is 0.315 e. The highest BCUT2D eigenvalue weighted by atomic mass is 32.3. The summed E-state index contributed by atoms with van der Waals surface area (Å²) in [6.45, 7) is 0. The minimum absolute atomic E-state index is 0.127. The van der Waals surface area contributed by atoms with Gasteiger partial charge in [0.2, 0.25) is 0 Å². The standard InChI is InChI=1S/C50H25N7O5S2/c51-26-32(27-52)48-39-14-8-17-42(47(39)49(33(28-53)29-54)55(48)34-10-2-1-3-11-34)56-40-15-6-4-12-35(40)37-22-20-30(24-44(37)56)31-21-23-38-36-13-5-7-16-41(36)57(45(38)25-31)43-18-9-19-46-50(43)64(60,61)62-63(46,58)59/h1-25H. The van der Waals surface area contributed by atoms with Crippen LogP contribution in [0.3, 0.4) is 0 Å². The van der Waals surface area contributed by atoms with E-state index in [1.165, 1.54) is 12.1 Å². The van der Waals surface area contributed by atoms with Crippen LogP contribution in [0.15, 0.2) is 161 Å². The molecule has 1 aliphatic rings. The highest BCUT2D eigenvalue weighted by molar-refractivity contribution is 8.02. The first-order valence-corrected chi connectivity index (χ1v) is 22.4. The lowest BCUT2D eigenvalue weighted by atomic mass is 10.0. The van der Waals surface area contributed by atoms with Crippen LogP contribution in [0.4, 0.5) is 0 Å². The van der Waals surface area contributed by atoms with Crippen LogP contribution in [0.1, 0.15) is 0 Å². The Labute approximate surface area is 363 Å². The molecule has 1 aliphatic heterocycles. The van der Waals surface area contributed by atoms with Crippen molar-refractivity contribution in [1.29, 1.82) is 21.0 Å². The average molecular weight is 868 g/mol. The van der Waals surface area contributed by atoms with Crippen LogP contribution in [0, 0.1) is 45.3 Å². The van der Waals surface area contributed by atoms with Crippen LogP contribution >= 0.6 is 0 Å². The number of nitriles is 4. The normalized spacial score (nSPS) is 13.7. The van der Waals surface area contributed by atoms with Crippen LogP contribution in [0.2, 0.25) is 0 Å².